The molecule has 0 aromatic carbocycles. The largest absolute Gasteiger partial charge is 0.308 e. The molecule has 0 bridgehead atoms. The fraction of sp³-hybridized carbons (Fsp3) is 0.818. The molecule has 2 N–H and O–H groups in total. The fourth-order valence-electron chi connectivity index (χ4n) is 1.80. The summed E-state index contributed by atoms with van der Waals surface area (Å²) < 4.78 is 0. The van der Waals surface area contributed by atoms with Crippen LogP contribution in [0.1, 0.15) is 20.3 Å². The van der Waals surface area contributed by atoms with Gasteiger partial charge in [-0.15, -0.1) is 0 Å². The quantitative estimate of drug-likeness (QED) is 0.626. The minimum atomic E-state index is -0.361. The number of imide groups is 1. The number of rotatable bonds is 5. The highest BCUT2D eigenvalue weighted by molar-refractivity contribution is 6.05. The summed E-state index contributed by atoms with van der Waals surface area (Å²) in [5.41, 5.74) is 0. The Morgan fingerprint density at radius 3 is 2.44 bits per heavy atom. The maximum Gasteiger partial charge on any atom is 0.244 e. The maximum absolute atomic E-state index is 11.4. The van der Waals surface area contributed by atoms with Gasteiger partial charge in [0.15, 0.2) is 0 Å². The second kappa shape index (κ2) is 5.41. The van der Waals surface area contributed by atoms with E-state index in [1.807, 2.05) is 14.1 Å². The van der Waals surface area contributed by atoms with Gasteiger partial charge in [0.1, 0.15) is 0 Å². The van der Waals surface area contributed by atoms with Crippen LogP contribution in [0.3, 0.4) is 0 Å². The topological polar surface area (TPSA) is 61.4 Å². The summed E-state index contributed by atoms with van der Waals surface area (Å²) >= 11 is 0. The molecule has 1 fully saturated rings. The van der Waals surface area contributed by atoms with Gasteiger partial charge in [-0.2, -0.15) is 0 Å². The van der Waals surface area contributed by atoms with E-state index in [1.165, 1.54) is 0 Å². The molecule has 2 unspecified atom stereocenters. The van der Waals surface area contributed by atoms with Crippen molar-refractivity contribution in [3.63, 3.8) is 0 Å². The van der Waals surface area contributed by atoms with Gasteiger partial charge < -0.3 is 10.2 Å². The Morgan fingerprint density at radius 1 is 1.44 bits per heavy atom. The third kappa shape index (κ3) is 3.57. The third-order valence-corrected chi connectivity index (χ3v) is 2.75. The van der Waals surface area contributed by atoms with Gasteiger partial charge in [0.05, 0.1) is 12.5 Å². The molecule has 1 aliphatic rings. The third-order valence-electron chi connectivity index (χ3n) is 2.75. The second-order valence-electron chi connectivity index (χ2n) is 4.95. The smallest absolute Gasteiger partial charge is 0.244 e. The van der Waals surface area contributed by atoms with Gasteiger partial charge in [0, 0.05) is 12.6 Å². The monoisotopic (exact) mass is 227 g/mol. The first kappa shape index (κ1) is 13.1. The molecule has 1 saturated heterocycles. The number of nitrogens with one attached hydrogen (secondary N) is 2. The lowest BCUT2D eigenvalue weighted by Crippen LogP contribution is -2.49. The van der Waals surface area contributed by atoms with E-state index >= 15 is 0 Å². The molecule has 2 amide bonds. The van der Waals surface area contributed by atoms with Crippen molar-refractivity contribution in [2.24, 2.45) is 5.92 Å². The Labute approximate surface area is 96.6 Å². The highest BCUT2D eigenvalue weighted by atomic mass is 16.2. The molecule has 1 heterocycles. The van der Waals surface area contributed by atoms with E-state index in [9.17, 15) is 9.59 Å². The van der Waals surface area contributed by atoms with Crippen molar-refractivity contribution in [2.75, 3.05) is 20.6 Å². The van der Waals surface area contributed by atoms with Gasteiger partial charge in [0.25, 0.3) is 0 Å². The Kier molecular flexibility index (Phi) is 4.44. The average Bonchev–Trinajstić information content (AvgIpc) is 2.43. The summed E-state index contributed by atoms with van der Waals surface area (Å²) in [6.45, 7) is 5.07. The number of carbonyl (C=O) groups is 2. The van der Waals surface area contributed by atoms with E-state index in [0.29, 0.717) is 5.92 Å². The van der Waals surface area contributed by atoms with Crippen LogP contribution in [0.5, 0.6) is 0 Å². The Morgan fingerprint density at radius 2 is 2.06 bits per heavy atom. The first-order valence-corrected chi connectivity index (χ1v) is 5.64. The van der Waals surface area contributed by atoms with Crippen molar-refractivity contribution in [3.05, 3.63) is 0 Å². The predicted octanol–water partition coefficient (Wildman–Crippen LogP) is -0.423. The van der Waals surface area contributed by atoms with E-state index in [1.54, 1.807) is 0 Å². The normalized spacial score (nSPS) is 23.0. The molecule has 0 aromatic heterocycles. The van der Waals surface area contributed by atoms with Crippen molar-refractivity contribution in [1.82, 2.24) is 15.5 Å². The van der Waals surface area contributed by atoms with E-state index in [-0.39, 0.29) is 30.3 Å². The molecule has 16 heavy (non-hydrogen) atoms. The summed E-state index contributed by atoms with van der Waals surface area (Å²) in [4.78, 5) is 24.6. The molecule has 5 nitrogen and oxygen atoms in total. The molecular weight excluding hydrogens is 206 g/mol. The lowest BCUT2D eigenvalue weighted by Gasteiger charge is -2.27. The number of likely N-dealkylation sites (N-methyl/N-ethyl adjacent to an activating group) is 1. The Balaban J connectivity index is 2.54. The predicted molar refractivity (Wildman–Crippen MR) is 61.9 cm³/mol. The second-order valence-corrected chi connectivity index (χ2v) is 4.95. The lowest BCUT2D eigenvalue weighted by atomic mass is 10.0. The average molecular weight is 227 g/mol. The summed E-state index contributed by atoms with van der Waals surface area (Å²) in [7, 11) is 3.99. The van der Waals surface area contributed by atoms with Crippen LogP contribution in [0, 0.1) is 5.92 Å². The fourth-order valence-corrected chi connectivity index (χ4v) is 1.80. The summed E-state index contributed by atoms with van der Waals surface area (Å²) in [5, 5.41) is 5.56. The summed E-state index contributed by atoms with van der Waals surface area (Å²) in [5.74, 6) is 0.0372. The van der Waals surface area contributed by atoms with Gasteiger partial charge in [0.2, 0.25) is 11.8 Å². The molecule has 1 aliphatic heterocycles. The molecule has 92 valence electrons. The standard InChI is InChI=1S/C11H21N3O2/c1-7(2)9(6-14(3)4)12-8-5-10(15)13-11(8)16/h7-9,12H,5-6H2,1-4H3,(H,13,15,16). The number of hydrogen-bond donors (Lipinski definition) is 2. The van der Waals surface area contributed by atoms with E-state index < -0.39 is 0 Å². The molecule has 0 saturated carbocycles. The van der Waals surface area contributed by atoms with Crippen LogP contribution in [0.25, 0.3) is 0 Å². The first-order valence-electron chi connectivity index (χ1n) is 5.64. The first-order chi connectivity index (χ1) is 7.40. The summed E-state index contributed by atoms with van der Waals surface area (Å²) in [6.07, 6.45) is 0.259. The van der Waals surface area contributed by atoms with Crippen LogP contribution >= 0.6 is 0 Å². The lowest BCUT2D eigenvalue weighted by molar-refractivity contribution is -0.125. The van der Waals surface area contributed by atoms with Crippen LogP contribution in [0.15, 0.2) is 0 Å². The van der Waals surface area contributed by atoms with E-state index in [2.05, 4.69) is 29.4 Å². The molecule has 2 atom stereocenters. The SMILES string of the molecule is CC(C)C(CN(C)C)NC1CC(=O)NC1=O. The minimum Gasteiger partial charge on any atom is -0.308 e. The molecule has 1 rings (SSSR count). The van der Waals surface area contributed by atoms with Crippen molar-refractivity contribution in [1.29, 1.82) is 0 Å². The molecule has 0 aromatic rings. The van der Waals surface area contributed by atoms with Crippen LogP contribution in [0.4, 0.5) is 0 Å². The van der Waals surface area contributed by atoms with Crippen molar-refractivity contribution in [2.45, 2.75) is 32.4 Å². The van der Waals surface area contributed by atoms with Gasteiger partial charge in [-0.1, -0.05) is 13.8 Å². The van der Waals surface area contributed by atoms with Crippen molar-refractivity contribution < 1.29 is 9.59 Å². The Bertz CT molecular complexity index is 276. The highest BCUT2D eigenvalue weighted by Gasteiger charge is 2.32. The number of hydrogen-bond acceptors (Lipinski definition) is 4. The maximum atomic E-state index is 11.4. The highest BCUT2D eigenvalue weighted by Crippen LogP contribution is 2.08. The van der Waals surface area contributed by atoms with Crippen LogP contribution < -0.4 is 10.6 Å². The van der Waals surface area contributed by atoms with E-state index in [4.69, 9.17) is 0 Å². The van der Waals surface area contributed by atoms with Crippen LogP contribution in [-0.2, 0) is 9.59 Å². The number of carbonyl (C=O) groups excluding carboxylic acids is 2. The van der Waals surface area contributed by atoms with Crippen molar-refractivity contribution in [3.8, 4) is 0 Å². The minimum absolute atomic E-state index is 0.185. The van der Waals surface area contributed by atoms with E-state index in [0.717, 1.165) is 6.54 Å². The van der Waals surface area contributed by atoms with Crippen LogP contribution in [-0.4, -0.2) is 49.4 Å². The summed E-state index contributed by atoms with van der Waals surface area (Å²) in [6, 6.07) is -0.142. The zero-order valence-corrected chi connectivity index (χ0v) is 10.4. The zero-order chi connectivity index (χ0) is 12.3. The van der Waals surface area contributed by atoms with Gasteiger partial charge in [-0.3, -0.25) is 14.9 Å². The number of nitrogens with zero attached hydrogens (tertiary/aromatic N) is 1. The van der Waals surface area contributed by atoms with Gasteiger partial charge in [-0.05, 0) is 20.0 Å². The molecule has 5 heteroatoms. The molecule has 0 aliphatic carbocycles. The van der Waals surface area contributed by atoms with Gasteiger partial charge in [-0.25, -0.2) is 0 Å². The van der Waals surface area contributed by atoms with Gasteiger partial charge >= 0.3 is 0 Å². The number of amides is 2. The Hall–Kier alpha value is -0.940. The molecule has 0 spiro atoms. The molecular formula is C11H21N3O2. The van der Waals surface area contributed by atoms with Crippen molar-refractivity contribution >= 4 is 11.8 Å². The zero-order valence-electron chi connectivity index (χ0n) is 10.4. The van der Waals surface area contributed by atoms with Crippen LogP contribution in [0.2, 0.25) is 0 Å². The molecule has 0 radical (unpaired) electrons.